The number of carbonyl (C=O) groups is 1. The van der Waals surface area contributed by atoms with Gasteiger partial charge in [0.1, 0.15) is 0 Å². The van der Waals surface area contributed by atoms with E-state index in [0.717, 1.165) is 28.1 Å². The predicted octanol–water partition coefficient (Wildman–Crippen LogP) is 5.33. The Kier molecular flexibility index (Phi) is 5.38. The number of aryl methyl sites for hydroxylation is 1. The summed E-state index contributed by atoms with van der Waals surface area (Å²) in [5.41, 5.74) is 4.00. The molecule has 1 aromatic heterocycles. The standard InChI is InChI=1S/C22H23ClN2O2/c1-15-9-8-12-19(16(15)2)25-20(27-21(26)22(3,4)14-23)13-18(24-25)17-10-6-5-7-11-17/h5-13H,14H2,1-4H3. The molecule has 0 radical (unpaired) electrons. The van der Waals surface area contributed by atoms with Crippen molar-refractivity contribution >= 4 is 17.6 Å². The van der Waals surface area contributed by atoms with Crippen LogP contribution in [-0.4, -0.2) is 21.6 Å². The lowest BCUT2D eigenvalue weighted by molar-refractivity contribution is -0.143. The van der Waals surface area contributed by atoms with Crippen molar-refractivity contribution in [2.24, 2.45) is 5.41 Å². The molecule has 3 aromatic rings. The van der Waals surface area contributed by atoms with E-state index in [2.05, 4.69) is 0 Å². The highest BCUT2D eigenvalue weighted by atomic mass is 35.5. The molecule has 0 amide bonds. The summed E-state index contributed by atoms with van der Waals surface area (Å²) in [5, 5.41) is 4.72. The fourth-order valence-electron chi connectivity index (χ4n) is 2.61. The molecule has 2 aromatic carbocycles. The summed E-state index contributed by atoms with van der Waals surface area (Å²) in [4.78, 5) is 12.6. The van der Waals surface area contributed by atoms with E-state index < -0.39 is 5.41 Å². The van der Waals surface area contributed by atoms with E-state index in [1.807, 2.05) is 62.4 Å². The average Bonchev–Trinajstić information content (AvgIpc) is 3.08. The number of rotatable bonds is 5. The highest BCUT2D eigenvalue weighted by Gasteiger charge is 2.30. The van der Waals surface area contributed by atoms with Gasteiger partial charge in [0.25, 0.3) is 0 Å². The van der Waals surface area contributed by atoms with Crippen molar-refractivity contribution in [3.63, 3.8) is 0 Å². The maximum Gasteiger partial charge on any atom is 0.319 e. The van der Waals surface area contributed by atoms with Crippen LogP contribution in [0.4, 0.5) is 0 Å². The fourth-order valence-corrected chi connectivity index (χ4v) is 2.72. The molecular weight excluding hydrogens is 360 g/mol. The number of ether oxygens (including phenoxy) is 1. The van der Waals surface area contributed by atoms with Gasteiger partial charge in [-0.2, -0.15) is 9.78 Å². The molecule has 140 valence electrons. The average molecular weight is 383 g/mol. The minimum Gasteiger partial charge on any atom is -0.407 e. The van der Waals surface area contributed by atoms with E-state index in [4.69, 9.17) is 21.4 Å². The van der Waals surface area contributed by atoms with Crippen LogP contribution in [0.5, 0.6) is 5.88 Å². The number of carbonyl (C=O) groups excluding carboxylic acids is 1. The smallest absolute Gasteiger partial charge is 0.319 e. The van der Waals surface area contributed by atoms with Crippen molar-refractivity contribution in [3.05, 3.63) is 65.7 Å². The second-order valence-corrected chi connectivity index (χ2v) is 7.54. The molecule has 3 rings (SSSR count). The molecule has 0 saturated carbocycles. The Labute approximate surface area is 164 Å². The van der Waals surface area contributed by atoms with E-state index in [-0.39, 0.29) is 11.8 Å². The van der Waals surface area contributed by atoms with E-state index in [0.29, 0.717) is 5.88 Å². The zero-order valence-corrected chi connectivity index (χ0v) is 16.7. The van der Waals surface area contributed by atoms with Crippen molar-refractivity contribution in [1.82, 2.24) is 9.78 Å². The Bertz CT molecular complexity index is 962. The topological polar surface area (TPSA) is 44.1 Å². The van der Waals surface area contributed by atoms with Gasteiger partial charge < -0.3 is 4.74 Å². The van der Waals surface area contributed by atoms with Crippen LogP contribution in [0.25, 0.3) is 16.9 Å². The lowest BCUT2D eigenvalue weighted by atomic mass is 9.97. The van der Waals surface area contributed by atoms with Gasteiger partial charge in [0.2, 0.25) is 5.88 Å². The quantitative estimate of drug-likeness (QED) is 0.442. The third kappa shape index (κ3) is 3.91. The van der Waals surface area contributed by atoms with E-state index in [9.17, 15) is 4.79 Å². The van der Waals surface area contributed by atoms with E-state index in [1.165, 1.54) is 0 Å². The molecule has 0 saturated heterocycles. The Balaban J connectivity index is 2.11. The molecule has 0 atom stereocenters. The van der Waals surface area contributed by atoms with Crippen LogP contribution < -0.4 is 4.74 Å². The SMILES string of the molecule is Cc1cccc(-n2nc(-c3ccccc3)cc2OC(=O)C(C)(C)CCl)c1C. The maximum atomic E-state index is 12.6. The first-order chi connectivity index (χ1) is 12.8. The molecular formula is C22H23ClN2O2. The number of hydrogen-bond acceptors (Lipinski definition) is 3. The van der Waals surface area contributed by atoms with Crippen LogP contribution in [0, 0.1) is 19.3 Å². The van der Waals surface area contributed by atoms with Crippen molar-refractivity contribution in [2.45, 2.75) is 27.7 Å². The predicted molar refractivity (Wildman–Crippen MR) is 109 cm³/mol. The fraction of sp³-hybridized carbons (Fsp3) is 0.273. The molecule has 0 unspecified atom stereocenters. The Morgan fingerprint density at radius 2 is 1.81 bits per heavy atom. The third-order valence-electron chi connectivity index (χ3n) is 4.63. The van der Waals surface area contributed by atoms with E-state index in [1.54, 1.807) is 24.6 Å². The summed E-state index contributed by atoms with van der Waals surface area (Å²) in [6.07, 6.45) is 0. The van der Waals surface area contributed by atoms with Gasteiger partial charge in [0.15, 0.2) is 0 Å². The van der Waals surface area contributed by atoms with Crippen molar-refractivity contribution in [2.75, 3.05) is 5.88 Å². The molecule has 27 heavy (non-hydrogen) atoms. The first-order valence-electron chi connectivity index (χ1n) is 8.84. The number of esters is 1. The maximum absolute atomic E-state index is 12.6. The third-order valence-corrected chi connectivity index (χ3v) is 5.30. The first kappa shape index (κ1) is 19.2. The lowest BCUT2D eigenvalue weighted by Gasteiger charge is -2.19. The molecule has 0 bridgehead atoms. The number of halogens is 1. The van der Waals surface area contributed by atoms with Crippen LogP contribution in [0.15, 0.2) is 54.6 Å². The highest BCUT2D eigenvalue weighted by Crippen LogP contribution is 2.30. The van der Waals surface area contributed by atoms with E-state index >= 15 is 0 Å². The monoisotopic (exact) mass is 382 g/mol. The van der Waals surface area contributed by atoms with Gasteiger partial charge >= 0.3 is 5.97 Å². The molecule has 0 aliphatic carbocycles. The van der Waals surface area contributed by atoms with Crippen molar-refractivity contribution < 1.29 is 9.53 Å². The molecule has 0 aliphatic rings. The van der Waals surface area contributed by atoms with Crippen molar-refractivity contribution in [1.29, 1.82) is 0 Å². The zero-order valence-electron chi connectivity index (χ0n) is 16.0. The van der Waals surface area contributed by atoms with Gasteiger partial charge in [-0.25, -0.2) is 0 Å². The van der Waals surface area contributed by atoms with Gasteiger partial charge in [0, 0.05) is 17.5 Å². The van der Waals surface area contributed by atoms with Crippen molar-refractivity contribution in [3.8, 4) is 22.8 Å². The molecule has 0 spiro atoms. The summed E-state index contributed by atoms with van der Waals surface area (Å²) in [6, 6.07) is 17.6. The highest BCUT2D eigenvalue weighted by molar-refractivity contribution is 6.19. The molecule has 5 heteroatoms. The molecule has 4 nitrogen and oxygen atoms in total. The second-order valence-electron chi connectivity index (χ2n) is 7.27. The number of alkyl halides is 1. The Morgan fingerprint density at radius 3 is 2.48 bits per heavy atom. The number of nitrogens with zero attached hydrogens (tertiary/aromatic N) is 2. The number of aromatic nitrogens is 2. The molecule has 0 fully saturated rings. The van der Waals surface area contributed by atoms with Gasteiger partial charge in [-0.3, -0.25) is 4.79 Å². The summed E-state index contributed by atoms with van der Waals surface area (Å²) in [6.45, 7) is 7.60. The second kappa shape index (κ2) is 7.57. The molecule has 0 aliphatic heterocycles. The van der Waals surface area contributed by atoms with Crippen LogP contribution in [0.1, 0.15) is 25.0 Å². The summed E-state index contributed by atoms with van der Waals surface area (Å²) in [5.74, 6) is 0.170. The van der Waals surface area contributed by atoms with Gasteiger partial charge in [-0.1, -0.05) is 42.5 Å². The number of hydrogen-bond donors (Lipinski definition) is 0. The first-order valence-corrected chi connectivity index (χ1v) is 9.37. The minimum atomic E-state index is -0.786. The zero-order chi connectivity index (χ0) is 19.6. The Morgan fingerprint density at radius 1 is 1.11 bits per heavy atom. The summed E-state index contributed by atoms with van der Waals surface area (Å²) >= 11 is 5.93. The largest absolute Gasteiger partial charge is 0.407 e. The van der Waals surface area contributed by atoms with Crippen LogP contribution in [-0.2, 0) is 4.79 Å². The minimum absolute atomic E-state index is 0.176. The molecule has 1 heterocycles. The van der Waals surface area contributed by atoms with Crippen LogP contribution in [0.3, 0.4) is 0 Å². The van der Waals surface area contributed by atoms with Gasteiger partial charge in [-0.05, 0) is 44.9 Å². The van der Waals surface area contributed by atoms with Crippen LogP contribution in [0.2, 0.25) is 0 Å². The normalized spacial score (nSPS) is 11.4. The lowest BCUT2D eigenvalue weighted by Crippen LogP contribution is -2.31. The molecule has 0 N–H and O–H groups in total. The summed E-state index contributed by atoms with van der Waals surface area (Å²) < 4.78 is 7.42. The van der Waals surface area contributed by atoms with Gasteiger partial charge in [0.05, 0.1) is 16.8 Å². The Hall–Kier alpha value is -2.59. The van der Waals surface area contributed by atoms with Crippen LogP contribution >= 0.6 is 11.6 Å². The number of benzene rings is 2. The van der Waals surface area contributed by atoms with Gasteiger partial charge in [-0.15, -0.1) is 11.6 Å². The summed E-state index contributed by atoms with van der Waals surface area (Å²) in [7, 11) is 0.